The van der Waals surface area contributed by atoms with Crippen molar-refractivity contribution in [1.29, 1.82) is 0 Å². The van der Waals surface area contributed by atoms with Crippen molar-refractivity contribution in [2.75, 3.05) is 27.4 Å². The van der Waals surface area contributed by atoms with Crippen molar-refractivity contribution < 1.29 is 18.9 Å². The van der Waals surface area contributed by atoms with Gasteiger partial charge in [0.05, 0.1) is 14.2 Å². The Hall–Kier alpha value is -1.58. The summed E-state index contributed by atoms with van der Waals surface area (Å²) in [7, 11) is 3.26. The lowest BCUT2D eigenvalue weighted by atomic mass is 10.1. The van der Waals surface area contributed by atoms with Crippen LogP contribution in [-0.4, -0.2) is 27.4 Å². The summed E-state index contributed by atoms with van der Waals surface area (Å²) in [6, 6.07) is 1.94. The van der Waals surface area contributed by atoms with Crippen molar-refractivity contribution in [2.45, 2.75) is 13.3 Å². The minimum Gasteiger partial charge on any atom is -0.493 e. The van der Waals surface area contributed by atoms with Gasteiger partial charge in [-0.25, -0.2) is 0 Å². The van der Waals surface area contributed by atoms with E-state index in [2.05, 4.69) is 6.92 Å². The molecule has 0 atom stereocenters. The van der Waals surface area contributed by atoms with Gasteiger partial charge in [-0.05, 0) is 12.5 Å². The first-order valence-corrected chi connectivity index (χ1v) is 5.35. The fourth-order valence-electron chi connectivity index (χ4n) is 1.84. The van der Waals surface area contributed by atoms with Crippen molar-refractivity contribution in [1.82, 2.24) is 0 Å². The molecule has 0 fully saturated rings. The SMILES string of the molecule is CCc1cc(OC)c2c(c1OC)OCCO2. The predicted octanol–water partition coefficient (Wildman–Crippen LogP) is 2.04. The maximum atomic E-state index is 5.60. The number of hydrogen-bond donors (Lipinski definition) is 0. The molecule has 4 heteroatoms. The van der Waals surface area contributed by atoms with E-state index < -0.39 is 0 Å². The second kappa shape index (κ2) is 4.51. The normalized spacial score (nSPS) is 13.4. The molecule has 0 N–H and O–H groups in total. The summed E-state index contributed by atoms with van der Waals surface area (Å²) < 4.78 is 21.8. The van der Waals surface area contributed by atoms with Crippen LogP contribution in [-0.2, 0) is 6.42 Å². The highest BCUT2D eigenvalue weighted by Gasteiger charge is 2.24. The van der Waals surface area contributed by atoms with Crippen LogP contribution in [0.15, 0.2) is 6.07 Å². The Bertz CT molecular complexity index is 365. The van der Waals surface area contributed by atoms with Gasteiger partial charge in [-0.1, -0.05) is 6.92 Å². The maximum Gasteiger partial charge on any atom is 0.207 e. The number of fused-ring (bicyclic) bond motifs is 1. The zero-order valence-corrected chi connectivity index (χ0v) is 9.83. The van der Waals surface area contributed by atoms with Gasteiger partial charge < -0.3 is 18.9 Å². The van der Waals surface area contributed by atoms with Crippen molar-refractivity contribution in [2.24, 2.45) is 0 Å². The van der Waals surface area contributed by atoms with Crippen molar-refractivity contribution >= 4 is 0 Å². The Morgan fingerprint density at radius 1 is 1.12 bits per heavy atom. The van der Waals surface area contributed by atoms with Crippen molar-refractivity contribution in [3.63, 3.8) is 0 Å². The highest BCUT2D eigenvalue weighted by Crippen LogP contribution is 2.48. The van der Waals surface area contributed by atoms with Gasteiger partial charge >= 0.3 is 0 Å². The van der Waals surface area contributed by atoms with Crippen molar-refractivity contribution in [3.8, 4) is 23.0 Å². The molecule has 0 radical (unpaired) electrons. The average Bonchev–Trinajstić information content (AvgIpc) is 2.36. The zero-order valence-electron chi connectivity index (χ0n) is 9.83. The monoisotopic (exact) mass is 224 g/mol. The summed E-state index contributed by atoms with van der Waals surface area (Å²) in [5, 5.41) is 0. The zero-order chi connectivity index (χ0) is 11.5. The molecule has 1 aliphatic rings. The van der Waals surface area contributed by atoms with E-state index in [1.807, 2.05) is 6.07 Å². The fourth-order valence-corrected chi connectivity index (χ4v) is 1.84. The van der Waals surface area contributed by atoms with Gasteiger partial charge in [0.15, 0.2) is 11.5 Å². The molecule has 0 bridgehead atoms. The minimum absolute atomic E-state index is 0.540. The van der Waals surface area contributed by atoms with Gasteiger partial charge in [-0.2, -0.15) is 0 Å². The van der Waals surface area contributed by atoms with E-state index in [1.165, 1.54) is 0 Å². The van der Waals surface area contributed by atoms with Crippen LogP contribution in [0.2, 0.25) is 0 Å². The van der Waals surface area contributed by atoms with E-state index in [0.29, 0.717) is 30.5 Å². The molecule has 0 unspecified atom stereocenters. The van der Waals surface area contributed by atoms with Crippen LogP contribution >= 0.6 is 0 Å². The summed E-state index contributed by atoms with van der Waals surface area (Å²) in [4.78, 5) is 0. The molecule has 4 nitrogen and oxygen atoms in total. The molecular weight excluding hydrogens is 208 g/mol. The molecule has 1 aromatic rings. The number of ether oxygens (including phenoxy) is 4. The molecule has 0 aromatic heterocycles. The molecule has 2 rings (SSSR count). The molecule has 1 heterocycles. The van der Waals surface area contributed by atoms with Gasteiger partial charge in [0.1, 0.15) is 13.2 Å². The van der Waals surface area contributed by atoms with E-state index in [1.54, 1.807) is 14.2 Å². The molecule has 0 aliphatic carbocycles. The first kappa shape index (κ1) is 10.9. The lowest BCUT2D eigenvalue weighted by Gasteiger charge is -2.24. The molecule has 1 aromatic carbocycles. The average molecular weight is 224 g/mol. The number of methoxy groups -OCH3 is 2. The Morgan fingerprint density at radius 2 is 1.81 bits per heavy atom. The van der Waals surface area contributed by atoms with E-state index in [9.17, 15) is 0 Å². The van der Waals surface area contributed by atoms with Gasteiger partial charge in [0.2, 0.25) is 11.5 Å². The summed E-state index contributed by atoms with van der Waals surface area (Å²) in [5.74, 6) is 2.75. The summed E-state index contributed by atoms with van der Waals surface area (Å²) in [5.41, 5.74) is 1.06. The lowest BCUT2D eigenvalue weighted by Crippen LogP contribution is -2.17. The molecular formula is C12H16O4. The number of aryl methyl sites for hydroxylation is 1. The maximum absolute atomic E-state index is 5.60. The number of benzene rings is 1. The topological polar surface area (TPSA) is 36.9 Å². The third-order valence-electron chi connectivity index (χ3n) is 2.61. The second-order valence-electron chi connectivity index (χ2n) is 3.48. The van der Waals surface area contributed by atoms with Crippen LogP contribution in [0.4, 0.5) is 0 Å². The highest BCUT2D eigenvalue weighted by molar-refractivity contribution is 5.63. The number of rotatable bonds is 3. The Kier molecular flexibility index (Phi) is 3.08. The first-order chi connectivity index (χ1) is 7.81. The van der Waals surface area contributed by atoms with E-state index in [4.69, 9.17) is 18.9 Å². The molecule has 16 heavy (non-hydrogen) atoms. The van der Waals surface area contributed by atoms with Gasteiger partial charge in [-0.15, -0.1) is 0 Å². The highest BCUT2D eigenvalue weighted by atomic mass is 16.6. The van der Waals surface area contributed by atoms with Crippen LogP contribution < -0.4 is 18.9 Å². The first-order valence-electron chi connectivity index (χ1n) is 5.35. The summed E-state index contributed by atoms with van der Waals surface area (Å²) in [6.07, 6.45) is 0.857. The van der Waals surface area contributed by atoms with E-state index in [0.717, 1.165) is 17.7 Å². The molecule has 88 valence electrons. The van der Waals surface area contributed by atoms with Crippen LogP contribution in [0.5, 0.6) is 23.0 Å². The molecule has 0 spiro atoms. The Balaban J connectivity index is 2.60. The third kappa shape index (κ3) is 1.64. The minimum atomic E-state index is 0.540. The van der Waals surface area contributed by atoms with Gasteiger partial charge in [0.25, 0.3) is 0 Å². The van der Waals surface area contributed by atoms with Crippen LogP contribution in [0.3, 0.4) is 0 Å². The van der Waals surface area contributed by atoms with Crippen LogP contribution in [0.25, 0.3) is 0 Å². The smallest absolute Gasteiger partial charge is 0.207 e. The third-order valence-corrected chi connectivity index (χ3v) is 2.61. The molecule has 0 saturated heterocycles. The molecule has 0 saturated carbocycles. The van der Waals surface area contributed by atoms with Crippen LogP contribution in [0.1, 0.15) is 12.5 Å². The van der Waals surface area contributed by atoms with E-state index in [-0.39, 0.29) is 0 Å². The quantitative estimate of drug-likeness (QED) is 0.787. The van der Waals surface area contributed by atoms with Gasteiger partial charge in [-0.3, -0.25) is 0 Å². The second-order valence-corrected chi connectivity index (χ2v) is 3.48. The number of hydrogen-bond acceptors (Lipinski definition) is 4. The van der Waals surface area contributed by atoms with Crippen molar-refractivity contribution in [3.05, 3.63) is 11.6 Å². The van der Waals surface area contributed by atoms with Crippen LogP contribution in [0, 0.1) is 0 Å². The lowest BCUT2D eigenvalue weighted by molar-refractivity contribution is 0.158. The summed E-state index contributed by atoms with van der Waals surface area (Å²) in [6.45, 7) is 3.14. The Morgan fingerprint density at radius 3 is 2.38 bits per heavy atom. The Labute approximate surface area is 95.1 Å². The summed E-state index contributed by atoms with van der Waals surface area (Å²) >= 11 is 0. The predicted molar refractivity (Wildman–Crippen MR) is 59.9 cm³/mol. The van der Waals surface area contributed by atoms with E-state index >= 15 is 0 Å². The largest absolute Gasteiger partial charge is 0.493 e. The van der Waals surface area contributed by atoms with Gasteiger partial charge in [0, 0.05) is 5.56 Å². The fraction of sp³-hybridized carbons (Fsp3) is 0.500. The molecule has 0 amide bonds. The standard InChI is InChI=1S/C12H16O4/c1-4-8-7-9(13-2)11-12(10(8)14-3)16-6-5-15-11/h7H,4-6H2,1-3H3. The molecule has 1 aliphatic heterocycles.